The normalized spacial score (nSPS) is 18.2. The lowest BCUT2D eigenvalue weighted by Crippen LogP contribution is -2.34. The lowest BCUT2D eigenvalue weighted by molar-refractivity contribution is -0.153. The number of aromatic nitrogens is 1. The molecule has 12 heteroatoms. The fourth-order valence-corrected chi connectivity index (χ4v) is 3.52. The first-order valence-corrected chi connectivity index (χ1v) is 9.49. The minimum Gasteiger partial charge on any atom is -0.374 e. The SMILES string of the molecule is CN(C[C@@H]1C[C@H]1c1ccc(F)cc1)c1ccnc(NNC(=O)CC(F)(F)F)c1C(F)(F)F. The first kappa shape index (κ1) is 23.6. The molecule has 0 aliphatic heterocycles. The van der Waals surface area contributed by atoms with Crippen LogP contribution in [0.4, 0.5) is 42.2 Å². The van der Waals surface area contributed by atoms with Crippen LogP contribution in [-0.2, 0) is 11.0 Å². The monoisotopic (exact) mass is 464 g/mol. The van der Waals surface area contributed by atoms with Crippen LogP contribution in [0.1, 0.15) is 29.9 Å². The van der Waals surface area contributed by atoms with Crippen LogP contribution < -0.4 is 15.8 Å². The summed E-state index contributed by atoms with van der Waals surface area (Å²) in [5, 5.41) is 0. The van der Waals surface area contributed by atoms with Gasteiger partial charge in [0.15, 0.2) is 5.82 Å². The van der Waals surface area contributed by atoms with Gasteiger partial charge in [-0.1, -0.05) is 12.1 Å². The highest BCUT2D eigenvalue weighted by Gasteiger charge is 2.42. The van der Waals surface area contributed by atoms with E-state index in [-0.39, 0.29) is 29.9 Å². The van der Waals surface area contributed by atoms with E-state index in [0.29, 0.717) is 0 Å². The van der Waals surface area contributed by atoms with E-state index in [1.807, 2.05) is 5.43 Å². The van der Waals surface area contributed by atoms with Crippen LogP contribution in [0.25, 0.3) is 0 Å². The number of hydrogen-bond acceptors (Lipinski definition) is 4. The molecule has 1 aromatic carbocycles. The number of anilines is 2. The van der Waals surface area contributed by atoms with E-state index in [2.05, 4.69) is 4.98 Å². The predicted octanol–water partition coefficient (Wildman–Crippen LogP) is 4.87. The average Bonchev–Trinajstić information content (AvgIpc) is 3.43. The van der Waals surface area contributed by atoms with Gasteiger partial charge in [0.1, 0.15) is 17.8 Å². The molecule has 5 nitrogen and oxygen atoms in total. The average molecular weight is 464 g/mol. The molecule has 0 radical (unpaired) electrons. The molecule has 2 aromatic rings. The number of pyridine rings is 1. The Hall–Kier alpha value is -3.05. The molecule has 2 atom stereocenters. The summed E-state index contributed by atoms with van der Waals surface area (Å²) in [5.74, 6) is -2.61. The minimum absolute atomic E-state index is 0.0441. The molecule has 1 amide bonds. The Kier molecular flexibility index (Phi) is 6.51. The van der Waals surface area contributed by atoms with Gasteiger partial charge in [0, 0.05) is 19.8 Å². The third-order valence-corrected chi connectivity index (χ3v) is 5.03. The zero-order valence-electron chi connectivity index (χ0n) is 16.7. The highest BCUT2D eigenvalue weighted by Crippen LogP contribution is 2.49. The molecule has 0 unspecified atom stereocenters. The van der Waals surface area contributed by atoms with Crippen molar-refractivity contribution in [3.63, 3.8) is 0 Å². The number of hydrazine groups is 1. The van der Waals surface area contributed by atoms with Crippen molar-refractivity contribution in [2.75, 3.05) is 23.9 Å². The molecule has 32 heavy (non-hydrogen) atoms. The molecule has 174 valence electrons. The molecule has 1 aliphatic carbocycles. The largest absolute Gasteiger partial charge is 0.422 e. The van der Waals surface area contributed by atoms with Gasteiger partial charge in [-0.25, -0.2) is 9.37 Å². The Balaban J connectivity index is 1.74. The van der Waals surface area contributed by atoms with Gasteiger partial charge in [-0.2, -0.15) is 26.3 Å². The predicted molar refractivity (Wildman–Crippen MR) is 102 cm³/mol. The quantitative estimate of drug-likeness (QED) is 0.453. The van der Waals surface area contributed by atoms with Crippen LogP contribution in [0, 0.1) is 11.7 Å². The van der Waals surface area contributed by atoms with Crippen LogP contribution >= 0.6 is 0 Å². The van der Waals surface area contributed by atoms with E-state index >= 15 is 0 Å². The first-order valence-electron chi connectivity index (χ1n) is 9.49. The zero-order valence-corrected chi connectivity index (χ0v) is 16.7. The second-order valence-electron chi connectivity index (χ2n) is 7.55. The molecule has 1 fully saturated rings. The summed E-state index contributed by atoms with van der Waals surface area (Å²) in [6.45, 7) is 0.259. The molecule has 1 aliphatic rings. The van der Waals surface area contributed by atoms with E-state index in [0.717, 1.165) is 24.2 Å². The van der Waals surface area contributed by atoms with E-state index in [1.54, 1.807) is 17.6 Å². The van der Waals surface area contributed by atoms with E-state index < -0.39 is 36.1 Å². The van der Waals surface area contributed by atoms with Crippen LogP contribution in [0.3, 0.4) is 0 Å². The van der Waals surface area contributed by atoms with Gasteiger partial charge in [-0.3, -0.25) is 15.6 Å². The molecule has 0 saturated heterocycles. The number of nitrogens with one attached hydrogen (secondary N) is 2. The number of rotatable bonds is 7. The number of benzene rings is 1. The third-order valence-electron chi connectivity index (χ3n) is 5.03. The Morgan fingerprint density at radius 2 is 1.78 bits per heavy atom. The number of nitrogens with zero attached hydrogens (tertiary/aromatic N) is 2. The van der Waals surface area contributed by atoms with Crippen molar-refractivity contribution in [1.82, 2.24) is 10.4 Å². The maximum absolute atomic E-state index is 13.8. The van der Waals surface area contributed by atoms with Gasteiger partial charge >= 0.3 is 12.4 Å². The molecular weight excluding hydrogens is 445 g/mol. The second-order valence-corrected chi connectivity index (χ2v) is 7.55. The zero-order chi connectivity index (χ0) is 23.7. The lowest BCUT2D eigenvalue weighted by Gasteiger charge is -2.25. The Morgan fingerprint density at radius 1 is 1.12 bits per heavy atom. The van der Waals surface area contributed by atoms with Gasteiger partial charge in [-0.15, -0.1) is 0 Å². The summed E-state index contributed by atoms with van der Waals surface area (Å²) in [6, 6.07) is 7.06. The molecule has 2 N–H and O–H groups in total. The number of hydrogen-bond donors (Lipinski definition) is 2. The molecular formula is C20H19F7N4O. The molecule has 0 bridgehead atoms. The van der Waals surface area contributed by atoms with Gasteiger partial charge < -0.3 is 4.90 Å². The highest BCUT2D eigenvalue weighted by molar-refractivity contribution is 5.78. The highest BCUT2D eigenvalue weighted by atomic mass is 19.4. The Morgan fingerprint density at radius 3 is 2.38 bits per heavy atom. The number of amides is 1. The molecule has 1 saturated carbocycles. The van der Waals surface area contributed by atoms with Gasteiger partial charge in [0.2, 0.25) is 5.91 Å². The molecule has 1 heterocycles. The van der Waals surface area contributed by atoms with Crippen molar-refractivity contribution >= 4 is 17.4 Å². The maximum Gasteiger partial charge on any atom is 0.422 e. The van der Waals surface area contributed by atoms with Crippen molar-refractivity contribution in [1.29, 1.82) is 0 Å². The van der Waals surface area contributed by atoms with Crippen molar-refractivity contribution in [2.45, 2.75) is 31.1 Å². The van der Waals surface area contributed by atoms with Crippen molar-refractivity contribution < 1.29 is 35.5 Å². The van der Waals surface area contributed by atoms with Gasteiger partial charge in [0.25, 0.3) is 0 Å². The second kappa shape index (κ2) is 8.83. The van der Waals surface area contributed by atoms with Crippen molar-refractivity contribution in [2.24, 2.45) is 5.92 Å². The maximum atomic E-state index is 13.8. The fourth-order valence-electron chi connectivity index (χ4n) is 3.52. The first-order chi connectivity index (χ1) is 14.8. The smallest absolute Gasteiger partial charge is 0.374 e. The Bertz CT molecular complexity index is 960. The van der Waals surface area contributed by atoms with Crippen LogP contribution in [0.15, 0.2) is 36.5 Å². The summed E-state index contributed by atoms with van der Waals surface area (Å²) in [5.41, 5.74) is 2.89. The molecule has 1 aromatic heterocycles. The van der Waals surface area contributed by atoms with Crippen molar-refractivity contribution in [3.8, 4) is 0 Å². The van der Waals surface area contributed by atoms with E-state index in [1.165, 1.54) is 24.1 Å². The standard InChI is InChI=1S/C20H19F7N4O/c1-31(10-12-8-14(12)11-2-4-13(21)5-3-11)15-6-7-28-18(17(15)20(25,26)27)30-29-16(32)9-19(22,23)24/h2-7,12,14H,8-10H2,1H3,(H,28,30)(H,29,32)/t12-,14-/m0/s1. The fraction of sp³-hybridized carbons (Fsp3) is 0.400. The number of alkyl halides is 6. The number of carbonyl (C=O) groups excluding carboxylic acids is 1. The van der Waals surface area contributed by atoms with Gasteiger partial charge in [0.05, 0.1) is 5.69 Å². The lowest BCUT2D eigenvalue weighted by atomic mass is 10.1. The van der Waals surface area contributed by atoms with E-state index in [9.17, 15) is 35.5 Å². The molecule has 3 rings (SSSR count). The summed E-state index contributed by atoms with van der Waals surface area (Å²) < 4.78 is 91.2. The topological polar surface area (TPSA) is 57.3 Å². The van der Waals surface area contributed by atoms with E-state index in [4.69, 9.17) is 0 Å². The van der Waals surface area contributed by atoms with Crippen LogP contribution in [0.2, 0.25) is 0 Å². The van der Waals surface area contributed by atoms with Crippen LogP contribution in [0.5, 0.6) is 0 Å². The summed E-state index contributed by atoms with van der Waals surface area (Å²) in [6.07, 6.45) is -9.77. The summed E-state index contributed by atoms with van der Waals surface area (Å²) in [4.78, 5) is 16.2. The Labute approximate surface area is 178 Å². The van der Waals surface area contributed by atoms with Crippen LogP contribution in [-0.4, -0.2) is 30.7 Å². The van der Waals surface area contributed by atoms with Crippen molar-refractivity contribution in [3.05, 3.63) is 53.5 Å². The number of carbonyl (C=O) groups is 1. The number of halogens is 7. The molecule has 0 spiro atoms. The third kappa shape index (κ3) is 6.01. The minimum atomic E-state index is -4.89. The van der Waals surface area contributed by atoms with Gasteiger partial charge in [-0.05, 0) is 42.0 Å². The summed E-state index contributed by atoms with van der Waals surface area (Å²) >= 11 is 0. The summed E-state index contributed by atoms with van der Waals surface area (Å²) in [7, 11) is 1.45.